The highest BCUT2D eigenvalue weighted by molar-refractivity contribution is 5.36. The fourth-order valence-electron chi connectivity index (χ4n) is 2.24. The maximum absolute atomic E-state index is 12.7. The summed E-state index contributed by atoms with van der Waals surface area (Å²) in [6, 6.07) is 0. The van der Waals surface area contributed by atoms with Crippen molar-refractivity contribution >= 4 is 5.82 Å². The standard InChI is InChI=1S/C12H17F3N4/c1-16-5-10-6-18-11(7-17-10)19-4-2-3-9(8-19)12(13,14)15/h6-7,9,16H,2-5,8H2,1H3. The number of aromatic nitrogens is 2. The fraction of sp³-hybridized carbons (Fsp3) is 0.667. The van der Waals surface area contributed by atoms with Crippen molar-refractivity contribution in [3.63, 3.8) is 0 Å². The third-order valence-corrected chi connectivity index (χ3v) is 3.26. The van der Waals surface area contributed by atoms with Gasteiger partial charge < -0.3 is 10.2 Å². The quantitative estimate of drug-likeness (QED) is 0.915. The van der Waals surface area contributed by atoms with E-state index in [9.17, 15) is 13.2 Å². The summed E-state index contributed by atoms with van der Waals surface area (Å²) < 4.78 is 38.2. The Bertz CT molecular complexity index is 404. The third-order valence-electron chi connectivity index (χ3n) is 3.26. The van der Waals surface area contributed by atoms with Gasteiger partial charge in [0.15, 0.2) is 0 Å². The van der Waals surface area contributed by atoms with Crippen molar-refractivity contribution < 1.29 is 13.2 Å². The summed E-state index contributed by atoms with van der Waals surface area (Å²) in [6.45, 7) is 1.18. The van der Waals surface area contributed by atoms with Crippen LogP contribution in [0, 0.1) is 5.92 Å². The summed E-state index contributed by atoms with van der Waals surface area (Å²) in [5, 5.41) is 2.95. The molecule has 0 aromatic carbocycles. The molecule has 1 saturated heterocycles. The van der Waals surface area contributed by atoms with Crippen molar-refractivity contribution in [3.8, 4) is 0 Å². The summed E-state index contributed by atoms with van der Waals surface area (Å²) in [5.41, 5.74) is 0.774. The molecule has 1 aromatic heterocycles. The second-order valence-corrected chi connectivity index (χ2v) is 4.72. The Morgan fingerprint density at radius 3 is 2.74 bits per heavy atom. The minimum atomic E-state index is -4.13. The number of anilines is 1. The van der Waals surface area contributed by atoms with E-state index in [-0.39, 0.29) is 13.0 Å². The Morgan fingerprint density at radius 1 is 1.37 bits per heavy atom. The predicted octanol–water partition coefficient (Wildman–Crippen LogP) is 1.97. The molecular weight excluding hydrogens is 257 g/mol. The van der Waals surface area contributed by atoms with E-state index in [4.69, 9.17) is 0 Å². The van der Waals surface area contributed by atoms with Crippen molar-refractivity contribution in [2.75, 3.05) is 25.0 Å². The van der Waals surface area contributed by atoms with Crippen LogP contribution in [0.1, 0.15) is 18.5 Å². The molecule has 1 N–H and O–H groups in total. The Kier molecular flexibility index (Phi) is 4.24. The van der Waals surface area contributed by atoms with Gasteiger partial charge in [-0.1, -0.05) is 0 Å². The van der Waals surface area contributed by atoms with Crippen molar-refractivity contribution in [1.82, 2.24) is 15.3 Å². The van der Waals surface area contributed by atoms with Crippen LogP contribution in [0.4, 0.5) is 19.0 Å². The second-order valence-electron chi connectivity index (χ2n) is 4.72. The highest BCUT2D eigenvalue weighted by Crippen LogP contribution is 2.34. The molecule has 0 bridgehead atoms. The predicted molar refractivity (Wildman–Crippen MR) is 65.8 cm³/mol. The maximum atomic E-state index is 12.7. The lowest BCUT2D eigenvalue weighted by Crippen LogP contribution is -2.42. The van der Waals surface area contributed by atoms with Gasteiger partial charge in [-0.15, -0.1) is 0 Å². The summed E-state index contributed by atoms with van der Waals surface area (Å²) >= 11 is 0. The molecule has 19 heavy (non-hydrogen) atoms. The van der Waals surface area contributed by atoms with E-state index in [0.717, 1.165) is 5.69 Å². The number of halogens is 3. The van der Waals surface area contributed by atoms with E-state index < -0.39 is 12.1 Å². The lowest BCUT2D eigenvalue weighted by Gasteiger charge is -2.34. The number of hydrogen-bond donors (Lipinski definition) is 1. The fourth-order valence-corrected chi connectivity index (χ4v) is 2.24. The number of rotatable bonds is 3. The molecule has 0 spiro atoms. The molecule has 0 radical (unpaired) electrons. The third kappa shape index (κ3) is 3.56. The van der Waals surface area contributed by atoms with Gasteiger partial charge in [0, 0.05) is 19.6 Å². The van der Waals surface area contributed by atoms with Crippen LogP contribution in [-0.2, 0) is 6.54 Å². The lowest BCUT2D eigenvalue weighted by atomic mass is 9.97. The van der Waals surface area contributed by atoms with E-state index in [1.54, 1.807) is 24.3 Å². The molecule has 2 heterocycles. The van der Waals surface area contributed by atoms with Gasteiger partial charge in [-0.3, -0.25) is 4.98 Å². The molecule has 106 valence electrons. The van der Waals surface area contributed by atoms with Crippen LogP contribution < -0.4 is 10.2 Å². The first-order valence-corrected chi connectivity index (χ1v) is 6.28. The van der Waals surface area contributed by atoms with Gasteiger partial charge in [0.05, 0.1) is 24.0 Å². The molecular formula is C12H17F3N4. The summed E-state index contributed by atoms with van der Waals surface area (Å²) in [6.07, 6.45) is -0.248. The second kappa shape index (κ2) is 5.73. The van der Waals surface area contributed by atoms with Gasteiger partial charge in [-0.25, -0.2) is 4.98 Å². The molecule has 1 unspecified atom stereocenters. The summed E-state index contributed by atoms with van der Waals surface area (Å²) in [5.74, 6) is -0.742. The average molecular weight is 274 g/mol. The Balaban J connectivity index is 2.04. The van der Waals surface area contributed by atoms with Gasteiger partial charge in [-0.05, 0) is 19.9 Å². The topological polar surface area (TPSA) is 41.1 Å². The van der Waals surface area contributed by atoms with E-state index in [1.807, 2.05) is 0 Å². The van der Waals surface area contributed by atoms with Gasteiger partial charge in [-0.2, -0.15) is 13.2 Å². The zero-order valence-corrected chi connectivity index (χ0v) is 10.7. The molecule has 0 saturated carbocycles. The molecule has 2 rings (SSSR count). The number of nitrogens with zero attached hydrogens (tertiary/aromatic N) is 3. The minimum absolute atomic E-state index is 0.0243. The van der Waals surface area contributed by atoms with E-state index in [1.165, 1.54) is 0 Å². The van der Waals surface area contributed by atoms with Crippen LogP contribution in [0.2, 0.25) is 0 Å². The van der Waals surface area contributed by atoms with Crippen LogP contribution in [0.25, 0.3) is 0 Å². The number of alkyl halides is 3. The highest BCUT2D eigenvalue weighted by Gasteiger charge is 2.42. The van der Waals surface area contributed by atoms with Gasteiger partial charge in [0.1, 0.15) is 5.82 Å². The normalized spacial score (nSPS) is 20.6. The van der Waals surface area contributed by atoms with Crippen molar-refractivity contribution in [2.24, 2.45) is 5.92 Å². The van der Waals surface area contributed by atoms with Crippen LogP contribution >= 0.6 is 0 Å². The molecule has 0 amide bonds. The SMILES string of the molecule is CNCc1cnc(N2CCCC(C(F)(F)F)C2)cn1. The molecule has 7 heteroatoms. The van der Waals surface area contributed by atoms with Gasteiger partial charge in [0.2, 0.25) is 0 Å². The smallest absolute Gasteiger partial charge is 0.355 e. The van der Waals surface area contributed by atoms with Crippen molar-refractivity contribution in [3.05, 3.63) is 18.1 Å². The van der Waals surface area contributed by atoms with Crippen molar-refractivity contribution in [2.45, 2.75) is 25.6 Å². The van der Waals surface area contributed by atoms with E-state index >= 15 is 0 Å². The lowest BCUT2D eigenvalue weighted by molar-refractivity contribution is -0.176. The maximum Gasteiger partial charge on any atom is 0.393 e. The van der Waals surface area contributed by atoms with Gasteiger partial charge >= 0.3 is 6.18 Å². The Morgan fingerprint density at radius 2 is 2.16 bits per heavy atom. The highest BCUT2D eigenvalue weighted by atomic mass is 19.4. The van der Waals surface area contributed by atoms with Gasteiger partial charge in [0.25, 0.3) is 0 Å². The number of nitrogens with one attached hydrogen (secondary N) is 1. The van der Waals surface area contributed by atoms with Crippen LogP contribution in [0.5, 0.6) is 0 Å². The Hall–Kier alpha value is -1.37. The zero-order valence-electron chi connectivity index (χ0n) is 10.7. The monoisotopic (exact) mass is 274 g/mol. The van der Waals surface area contributed by atoms with Crippen LogP contribution in [0.3, 0.4) is 0 Å². The summed E-state index contributed by atoms with van der Waals surface area (Å²) in [7, 11) is 1.80. The first kappa shape index (κ1) is 14.0. The number of piperidine rings is 1. The number of hydrogen-bond acceptors (Lipinski definition) is 4. The molecule has 1 aliphatic heterocycles. The molecule has 1 aromatic rings. The molecule has 0 aliphatic carbocycles. The summed E-state index contributed by atoms with van der Waals surface area (Å²) in [4.78, 5) is 10.0. The molecule has 1 atom stereocenters. The largest absolute Gasteiger partial charge is 0.393 e. The zero-order chi connectivity index (χ0) is 13.9. The minimum Gasteiger partial charge on any atom is -0.355 e. The molecule has 1 aliphatic rings. The first-order valence-electron chi connectivity index (χ1n) is 6.28. The van der Waals surface area contributed by atoms with E-state index in [2.05, 4.69) is 15.3 Å². The first-order chi connectivity index (χ1) is 9.00. The van der Waals surface area contributed by atoms with Crippen LogP contribution in [-0.4, -0.2) is 36.3 Å². The Labute approximate surface area is 110 Å². The van der Waals surface area contributed by atoms with E-state index in [0.29, 0.717) is 25.3 Å². The molecule has 4 nitrogen and oxygen atoms in total. The van der Waals surface area contributed by atoms with Crippen molar-refractivity contribution in [1.29, 1.82) is 0 Å². The average Bonchev–Trinajstić information content (AvgIpc) is 2.39. The van der Waals surface area contributed by atoms with Crippen LogP contribution in [0.15, 0.2) is 12.4 Å². The molecule has 1 fully saturated rings.